The van der Waals surface area contributed by atoms with E-state index in [9.17, 15) is 14.0 Å². The molecule has 2 aromatic carbocycles. The Kier molecular flexibility index (Phi) is 5.51. The maximum atomic E-state index is 12.9. The van der Waals surface area contributed by atoms with Crippen LogP contribution in [0.2, 0.25) is 0 Å². The summed E-state index contributed by atoms with van der Waals surface area (Å²) in [7, 11) is 0. The van der Waals surface area contributed by atoms with Crippen LogP contribution in [0.5, 0.6) is 5.75 Å². The molecule has 6 heteroatoms. The molecule has 1 heterocycles. The van der Waals surface area contributed by atoms with Crippen molar-refractivity contribution in [2.45, 2.75) is 32.4 Å². The highest BCUT2D eigenvalue weighted by Crippen LogP contribution is 2.18. The van der Waals surface area contributed by atoms with Crippen molar-refractivity contribution in [2.75, 3.05) is 11.9 Å². The molecule has 1 fully saturated rings. The third-order valence-electron chi connectivity index (χ3n) is 4.24. The van der Waals surface area contributed by atoms with Gasteiger partial charge in [0, 0.05) is 25.2 Å². The van der Waals surface area contributed by atoms with Gasteiger partial charge in [-0.15, -0.1) is 0 Å². The average Bonchev–Trinajstić information content (AvgIpc) is 3.02. The molecule has 1 aliphatic heterocycles. The van der Waals surface area contributed by atoms with E-state index in [1.54, 1.807) is 13.0 Å². The van der Waals surface area contributed by atoms with E-state index < -0.39 is 6.10 Å². The van der Waals surface area contributed by atoms with Crippen LogP contribution in [0.4, 0.5) is 10.1 Å². The number of amides is 2. The van der Waals surface area contributed by atoms with Gasteiger partial charge in [0.1, 0.15) is 11.6 Å². The number of carbonyl (C=O) groups is 2. The lowest BCUT2D eigenvalue weighted by Crippen LogP contribution is -2.30. The van der Waals surface area contributed by atoms with Crippen molar-refractivity contribution in [3.63, 3.8) is 0 Å². The van der Waals surface area contributed by atoms with E-state index in [-0.39, 0.29) is 17.6 Å². The zero-order valence-electron chi connectivity index (χ0n) is 14.6. The number of nitrogens with one attached hydrogen (secondary N) is 1. The van der Waals surface area contributed by atoms with Gasteiger partial charge in [-0.2, -0.15) is 0 Å². The molecule has 3 rings (SSSR count). The summed E-state index contributed by atoms with van der Waals surface area (Å²) in [6.45, 7) is 2.95. The Bertz CT molecular complexity index is 792. The number of rotatable bonds is 6. The average molecular weight is 356 g/mol. The van der Waals surface area contributed by atoms with Crippen LogP contribution in [0.25, 0.3) is 0 Å². The molecule has 26 heavy (non-hydrogen) atoms. The molecule has 0 aromatic heterocycles. The number of anilines is 1. The van der Waals surface area contributed by atoms with Crippen LogP contribution in [0, 0.1) is 5.82 Å². The van der Waals surface area contributed by atoms with Crippen molar-refractivity contribution in [1.82, 2.24) is 4.90 Å². The van der Waals surface area contributed by atoms with Gasteiger partial charge in [0.25, 0.3) is 5.91 Å². The van der Waals surface area contributed by atoms with Crippen molar-refractivity contribution in [3.05, 3.63) is 59.9 Å². The van der Waals surface area contributed by atoms with Gasteiger partial charge in [-0.1, -0.05) is 12.1 Å². The highest BCUT2D eigenvalue weighted by molar-refractivity contribution is 5.94. The Labute approximate surface area is 151 Å². The number of hydrogen-bond acceptors (Lipinski definition) is 3. The molecule has 1 unspecified atom stereocenters. The molecule has 1 atom stereocenters. The number of carbonyl (C=O) groups excluding carboxylic acids is 2. The molecule has 1 N–H and O–H groups in total. The summed E-state index contributed by atoms with van der Waals surface area (Å²) in [6, 6.07) is 12.9. The molecule has 0 bridgehead atoms. The molecule has 2 aromatic rings. The lowest BCUT2D eigenvalue weighted by molar-refractivity contribution is -0.128. The Morgan fingerprint density at radius 3 is 2.73 bits per heavy atom. The van der Waals surface area contributed by atoms with Gasteiger partial charge < -0.3 is 15.0 Å². The fourth-order valence-corrected chi connectivity index (χ4v) is 2.85. The Morgan fingerprint density at radius 1 is 1.27 bits per heavy atom. The maximum Gasteiger partial charge on any atom is 0.265 e. The van der Waals surface area contributed by atoms with Gasteiger partial charge in [0.2, 0.25) is 5.91 Å². The molecule has 0 radical (unpaired) electrons. The second-order valence-corrected chi connectivity index (χ2v) is 6.32. The Morgan fingerprint density at radius 2 is 2.04 bits per heavy atom. The van der Waals surface area contributed by atoms with E-state index in [0.29, 0.717) is 24.4 Å². The maximum absolute atomic E-state index is 12.9. The molecule has 1 saturated heterocycles. The molecule has 0 aliphatic carbocycles. The number of nitrogens with zero attached hydrogens (tertiary/aromatic N) is 1. The molecule has 2 amide bonds. The third kappa shape index (κ3) is 4.59. The fourth-order valence-electron chi connectivity index (χ4n) is 2.85. The van der Waals surface area contributed by atoms with E-state index in [0.717, 1.165) is 18.5 Å². The quantitative estimate of drug-likeness (QED) is 0.863. The monoisotopic (exact) mass is 356 g/mol. The van der Waals surface area contributed by atoms with Gasteiger partial charge in [0.15, 0.2) is 6.10 Å². The smallest absolute Gasteiger partial charge is 0.265 e. The van der Waals surface area contributed by atoms with Gasteiger partial charge in [0.05, 0.1) is 0 Å². The molecule has 0 saturated carbocycles. The van der Waals surface area contributed by atoms with Crippen molar-refractivity contribution in [1.29, 1.82) is 0 Å². The van der Waals surface area contributed by atoms with Gasteiger partial charge in [-0.25, -0.2) is 4.39 Å². The number of halogens is 1. The van der Waals surface area contributed by atoms with Crippen LogP contribution in [-0.4, -0.2) is 29.4 Å². The number of benzene rings is 2. The van der Waals surface area contributed by atoms with Gasteiger partial charge in [-0.3, -0.25) is 9.59 Å². The first-order valence-electron chi connectivity index (χ1n) is 8.61. The summed E-state index contributed by atoms with van der Waals surface area (Å²) < 4.78 is 18.4. The second kappa shape index (κ2) is 7.99. The Balaban J connectivity index is 1.58. The second-order valence-electron chi connectivity index (χ2n) is 6.32. The predicted octanol–water partition coefficient (Wildman–Crippen LogP) is 3.35. The molecular formula is C20H21FN2O3. The van der Waals surface area contributed by atoms with Crippen LogP contribution in [-0.2, 0) is 16.1 Å². The Hall–Kier alpha value is -2.89. The lowest BCUT2D eigenvalue weighted by atomic mass is 10.2. The molecule has 1 aliphatic rings. The van der Waals surface area contributed by atoms with E-state index in [4.69, 9.17) is 4.74 Å². The van der Waals surface area contributed by atoms with Crippen LogP contribution < -0.4 is 10.1 Å². The van der Waals surface area contributed by atoms with E-state index in [1.165, 1.54) is 24.3 Å². The van der Waals surface area contributed by atoms with Crippen LogP contribution in [0.1, 0.15) is 25.3 Å². The van der Waals surface area contributed by atoms with Crippen LogP contribution >= 0.6 is 0 Å². The first-order chi connectivity index (χ1) is 12.5. The van der Waals surface area contributed by atoms with Crippen molar-refractivity contribution >= 4 is 17.5 Å². The minimum atomic E-state index is -0.732. The SMILES string of the molecule is CC(Oc1ccc(F)cc1)C(=O)Nc1cccc(CN2CCCC2=O)c1. The molecule has 5 nitrogen and oxygen atoms in total. The van der Waals surface area contributed by atoms with Crippen molar-refractivity contribution in [2.24, 2.45) is 0 Å². The summed E-state index contributed by atoms with van der Waals surface area (Å²) in [5.74, 6) is -0.0671. The van der Waals surface area contributed by atoms with E-state index in [1.807, 2.05) is 23.1 Å². The first-order valence-corrected chi connectivity index (χ1v) is 8.61. The van der Waals surface area contributed by atoms with Crippen molar-refractivity contribution < 1.29 is 18.7 Å². The minimum absolute atomic E-state index is 0.167. The molecule has 136 valence electrons. The lowest BCUT2D eigenvalue weighted by Gasteiger charge is -2.17. The van der Waals surface area contributed by atoms with Gasteiger partial charge >= 0.3 is 0 Å². The van der Waals surface area contributed by atoms with Gasteiger partial charge in [-0.05, 0) is 55.3 Å². The first kappa shape index (κ1) is 17.9. The minimum Gasteiger partial charge on any atom is -0.481 e. The summed E-state index contributed by atoms with van der Waals surface area (Å²) >= 11 is 0. The largest absolute Gasteiger partial charge is 0.481 e. The van der Waals surface area contributed by atoms with E-state index in [2.05, 4.69) is 5.32 Å². The van der Waals surface area contributed by atoms with E-state index >= 15 is 0 Å². The topological polar surface area (TPSA) is 58.6 Å². The summed E-state index contributed by atoms with van der Waals surface area (Å²) in [4.78, 5) is 25.9. The highest BCUT2D eigenvalue weighted by atomic mass is 19.1. The number of likely N-dealkylation sites (tertiary alicyclic amines) is 1. The van der Waals surface area contributed by atoms with Crippen molar-refractivity contribution in [3.8, 4) is 5.75 Å². The normalized spacial score (nSPS) is 15.0. The standard InChI is InChI=1S/C20H21FN2O3/c1-14(26-18-9-7-16(21)8-10-18)20(25)22-17-5-2-4-15(12-17)13-23-11-3-6-19(23)24/h2,4-5,7-10,12,14H,3,6,11,13H2,1H3,(H,22,25). The summed E-state index contributed by atoms with van der Waals surface area (Å²) in [5.41, 5.74) is 1.61. The zero-order valence-corrected chi connectivity index (χ0v) is 14.6. The number of hydrogen-bond donors (Lipinski definition) is 1. The molecular weight excluding hydrogens is 335 g/mol. The summed E-state index contributed by atoms with van der Waals surface area (Å²) in [6.07, 6.45) is 0.770. The van der Waals surface area contributed by atoms with Crippen LogP contribution in [0.15, 0.2) is 48.5 Å². The molecule has 0 spiro atoms. The summed E-state index contributed by atoms with van der Waals surface area (Å²) in [5, 5.41) is 2.81. The fraction of sp³-hybridized carbons (Fsp3) is 0.300. The zero-order chi connectivity index (χ0) is 18.5. The predicted molar refractivity (Wildman–Crippen MR) is 96.2 cm³/mol. The number of ether oxygens (including phenoxy) is 1. The highest BCUT2D eigenvalue weighted by Gasteiger charge is 2.20. The van der Waals surface area contributed by atoms with Crippen LogP contribution in [0.3, 0.4) is 0 Å². The third-order valence-corrected chi connectivity index (χ3v) is 4.24.